The third kappa shape index (κ3) is 6.91. The van der Waals surface area contributed by atoms with E-state index in [0.717, 1.165) is 42.1 Å². The maximum atomic E-state index is 8.39. The van der Waals surface area contributed by atoms with E-state index in [-0.39, 0.29) is 5.41 Å². The van der Waals surface area contributed by atoms with Crippen LogP contribution in [0.4, 0.5) is 0 Å². The van der Waals surface area contributed by atoms with Crippen LogP contribution in [0.25, 0.3) is 0 Å². The predicted molar refractivity (Wildman–Crippen MR) is 99.2 cm³/mol. The SMILES string of the molecule is CC(C)(C)c1cc(SC#N)n[nH]1.c1ccc(COC2CCOC2)cc1. The minimum atomic E-state index is 0.0707. The van der Waals surface area contributed by atoms with Crippen molar-refractivity contribution in [2.75, 3.05) is 13.2 Å². The molecule has 1 fully saturated rings. The molecule has 2 aromatic rings. The molecule has 0 aliphatic carbocycles. The molecule has 2 heterocycles. The Kier molecular flexibility index (Phi) is 7.51. The first-order valence-corrected chi connectivity index (χ1v) is 9.16. The normalized spacial score (nSPS) is 16.8. The van der Waals surface area contributed by atoms with Crippen molar-refractivity contribution in [1.82, 2.24) is 10.2 Å². The summed E-state index contributed by atoms with van der Waals surface area (Å²) in [6, 6.07) is 12.1. The van der Waals surface area contributed by atoms with Gasteiger partial charge in [-0.1, -0.05) is 51.1 Å². The largest absolute Gasteiger partial charge is 0.379 e. The molecule has 5 nitrogen and oxygen atoms in total. The summed E-state index contributed by atoms with van der Waals surface area (Å²) in [4.78, 5) is 0. The lowest BCUT2D eigenvalue weighted by Crippen LogP contribution is -2.11. The predicted octanol–water partition coefficient (Wildman–Crippen LogP) is 4.27. The van der Waals surface area contributed by atoms with Gasteiger partial charge >= 0.3 is 0 Å². The number of hydrogen-bond donors (Lipinski definition) is 1. The number of thioether (sulfide) groups is 1. The summed E-state index contributed by atoms with van der Waals surface area (Å²) >= 11 is 1.08. The molecule has 0 amide bonds. The van der Waals surface area contributed by atoms with Crippen LogP contribution >= 0.6 is 11.8 Å². The molecule has 134 valence electrons. The van der Waals surface area contributed by atoms with E-state index in [1.807, 2.05) is 29.7 Å². The molecule has 25 heavy (non-hydrogen) atoms. The number of thiocyanates is 1. The highest BCUT2D eigenvalue weighted by molar-refractivity contribution is 8.03. The van der Waals surface area contributed by atoms with Gasteiger partial charge in [-0.3, -0.25) is 5.10 Å². The highest BCUT2D eigenvalue weighted by Crippen LogP contribution is 2.23. The molecule has 0 bridgehead atoms. The molecule has 1 saturated heterocycles. The van der Waals surface area contributed by atoms with Gasteiger partial charge in [0.25, 0.3) is 0 Å². The van der Waals surface area contributed by atoms with Crippen molar-refractivity contribution in [3.8, 4) is 5.40 Å². The summed E-state index contributed by atoms with van der Waals surface area (Å²) in [7, 11) is 0. The molecular weight excluding hydrogens is 334 g/mol. The van der Waals surface area contributed by atoms with Crippen molar-refractivity contribution in [2.45, 2.75) is 50.3 Å². The van der Waals surface area contributed by atoms with Gasteiger partial charge in [0, 0.05) is 29.5 Å². The van der Waals surface area contributed by atoms with Crippen LogP contribution in [0.2, 0.25) is 0 Å². The fraction of sp³-hybridized carbons (Fsp3) is 0.474. The molecule has 0 radical (unpaired) electrons. The van der Waals surface area contributed by atoms with Crippen LogP contribution in [0.1, 0.15) is 38.4 Å². The number of aromatic nitrogens is 2. The van der Waals surface area contributed by atoms with Gasteiger partial charge in [0.1, 0.15) is 10.4 Å². The molecule has 1 aliphatic rings. The summed E-state index contributed by atoms with van der Waals surface area (Å²) in [5.41, 5.74) is 2.36. The molecule has 1 aromatic carbocycles. The maximum absolute atomic E-state index is 8.39. The van der Waals surface area contributed by atoms with Gasteiger partial charge in [0.15, 0.2) is 0 Å². The van der Waals surface area contributed by atoms with Crippen molar-refractivity contribution < 1.29 is 9.47 Å². The Morgan fingerprint density at radius 2 is 2.12 bits per heavy atom. The number of aromatic amines is 1. The number of H-pyrrole nitrogens is 1. The summed E-state index contributed by atoms with van der Waals surface area (Å²) in [6.45, 7) is 8.60. The molecule has 0 spiro atoms. The maximum Gasteiger partial charge on any atom is 0.140 e. The van der Waals surface area contributed by atoms with E-state index < -0.39 is 0 Å². The minimum absolute atomic E-state index is 0.0707. The molecule has 1 unspecified atom stereocenters. The zero-order chi connectivity index (χ0) is 18.1. The summed E-state index contributed by atoms with van der Waals surface area (Å²) in [6.07, 6.45) is 1.34. The zero-order valence-electron chi connectivity index (χ0n) is 15.0. The fourth-order valence-electron chi connectivity index (χ4n) is 2.22. The number of nitriles is 1. The van der Waals surface area contributed by atoms with E-state index in [4.69, 9.17) is 14.7 Å². The quantitative estimate of drug-likeness (QED) is 0.652. The van der Waals surface area contributed by atoms with E-state index in [1.54, 1.807) is 0 Å². The van der Waals surface area contributed by atoms with Crippen molar-refractivity contribution in [3.63, 3.8) is 0 Å². The first-order chi connectivity index (χ1) is 12.0. The molecule has 0 saturated carbocycles. The van der Waals surface area contributed by atoms with Gasteiger partial charge in [-0.05, 0) is 18.1 Å². The molecule has 3 rings (SSSR count). The topological polar surface area (TPSA) is 70.9 Å². The van der Waals surface area contributed by atoms with E-state index in [2.05, 4.69) is 43.1 Å². The Morgan fingerprint density at radius 1 is 1.36 bits per heavy atom. The number of ether oxygens (including phenoxy) is 2. The fourth-order valence-corrected chi connectivity index (χ4v) is 2.58. The third-order valence-electron chi connectivity index (χ3n) is 3.73. The number of nitrogens with zero attached hydrogens (tertiary/aromatic N) is 2. The van der Waals surface area contributed by atoms with E-state index in [1.165, 1.54) is 5.56 Å². The number of rotatable bonds is 4. The van der Waals surface area contributed by atoms with Crippen LogP contribution in [0.3, 0.4) is 0 Å². The van der Waals surface area contributed by atoms with Gasteiger partial charge in [-0.15, -0.1) is 0 Å². The first kappa shape index (κ1) is 19.5. The molecule has 1 aliphatic heterocycles. The lowest BCUT2D eigenvalue weighted by molar-refractivity contribution is 0.0317. The van der Waals surface area contributed by atoms with E-state index >= 15 is 0 Å². The molecule has 1 N–H and O–H groups in total. The second-order valence-corrected chi connectivity index (χ2v) is 7.65. The highest BCUT2D eigenvalue weighted by atomic mass is 32.2. The Hall–Kier alpha value is -1.81. The van der Waals surface area contributed by atoms with Gasteiger partial charge < -0.3 is 9.47 Å². The Balaban J connectivity index is 0.000000181. The van der Waals surface area contributed by atoms with Crippen LogP contribution in [0.5, 0.6) is 0 Å². The summed E-state index contributed by atoms with van der Waals surface area (Å²) in [5.74, 6) is 0. The number of hydrogen-bond acceptors (Lipinski definition) is 5. The lowest BCUT2D eigenvalue weighted by Gasteiger charge is -2.14. The number of benzene rings is 1. The van der Waals surface area contributed by atoms with Crippen LogP contribution in [0, 0.1) is 10.7 Å². The van der Waals surface area contributed by atoms with Crippen LogP contribution < -0.4 is 0 Å². The van der Waals surface area contributed by atoms with Gasteiger partial charge in [-0.2, -0.15) is 10.4 Å². The monoisotopic (exact) mass is 359 g/mol. The average molecular weight is 359 g/mol. The minimum Gasteiger partial charge on any atom is -0.379 e. The zero-order valence-corrected chi connectivity index (χ0v) is 15.8. The molecule has 1 atom stereocenters. The van der Waals surface area contributed by atoms with Crippen molar-refractivity contribution >= 4 is 11.8 Å². The Morgan fingerprint density at radius 3 is 2.68 bits per heavy atom. The van der Waals surface area contributed by atoms with Gasteiger partial charge in [0.2, 0.25) is 0 Å². The lowest BCUT2D eigenvalue weighted by atomic mass is 9.93. The smallest absolute Gasteiger partial charge is 0.140 e. The van der Waals surface area contributed by atoms with E-state index in [0.29, 0.717) is 12.7 Å². The summed E-state index contributed by atoms with van der Waals surface area (Å²) < 4.78 is 10.9. The average Bonchev–Trinajstić information content (AvgIpc) is 3.26. The van der Waals surface area contributed by atoms with Crippen molar-refractivity contribution in [3.05, 3.63) is 47.7 Å². The number of nitrogens with one attached hydrogen (secondary N) is 1. The van der Waals surface area contributed by atoms with Gasteiger partial charge in [-0.25, -0.2) is 0 Å². The van der Waals surface area contributed by atoms with E-state index in [9.17, 15) is 0 Å². The van der Waals surface area contributed by atoms with Crippen molar-refractivity contribution in [1.29, 1.82) is 5.26 Å². The standard InChI is InChI=1S/C11H14O2.C8H11N3S/c1-2-4-10(5-3-1)8-13-11-6-7-12-9-11;1-8(2,3)6-4-7(11-10-6)12-5-9/h1-5,11H,6-9H2;4H,1-3H3,(H,10,11). The van der Waals surface area contributed by atoms with Crippen molar-refractivity contribution in [2.24, 2.45) is 0 Å². The van der Waals surface area contributed by atoms with Crippen LogP contribution in [-0.2, 0) is 21.5 Å². The second kappa shape index (κ2) is 9.62. The van der Waals surface area contributed by atoms with Gasteiger partial charge in [0.05, 0.1) is 19.3 Å². The molecule has 1 aromatic heterocycles. The van der Waals surface area contributed by atoms with Crippen LogP contribution in [0.15, 0.2) is 41.4 Å². The van der Waals surface area contributed by atoms with Crippen LogP contribution in [-0.4, -0.2) is 29.5 Å². The summed E-state index contributed by atoms with van der Waals surface area (Å²) in [5, 5.41) is 18.0. The highest BCUT2D eigenvalue weighted by Gasteiger charge is 2.16. The Labute approximate surface area is 153 Å². The molecule has 6 heteroatoms. The molecular formula is C19H25N3O2S. The second-order valence-electron chi connectivity index (χ2n) is 6.85. The first-order valence-electron chi connectivity index (χ1n) is 8.34. The third-order valence-corrected chi connectivity index (χ3v) is 4.24. The Bertz CT molecular complexity index is 668.